The van der Waals surface area contributed by atoms with Gasteiger partial charge in [-0.1, -0.05) is 106 Å². The van der Waals surface area contributed by atoms with Gasteiger partial charge in [-0.3, -0.25) is 57.7 Å². The Bertz CT molecular complexity index is 3720. The highest BCUT2D eigenvalue weighted by molar-refractivity contribution is 6.01. The molecule has 4 rings (SSSR count). The summed E-state index contributed by atoms with van der Waals surface area (Å²) in [5, 5.41) is 72.6. The van der Waals surface area contributed by atoms with Crippen molar-refractivity contribution in [2.24, 2.45) is 57.5 Å². The summed E-state index contributed by atoms with van der Waals surface area (Å²) in [7, 11) is 0. The van der Waals surface area contributed by atoms with Gasteiger partial charge >= 0.3 is 36.2 Å². The molecular weight excluding hydrogens is 1580 g/mol. The molecule has 118 heavy (non-hydrogen) atoms. The molecule has 1 aromatic heterocycles. The number of nitrogens with two attached hydrogens (primary N) is 4. The molecule has 2 saturated heterocycles. The van der Waals surface area contributed by atoms with Crippen LogP contribution in [0, 0.1) is 29.6 Å². The van der Waals surface area contributed by atoms with Crippen LogP contribution in [0.3, 0.4) is 0 Å². The number of carboxylic acids is 2. The lowest BCUT2D eigenvalue weighted by atomic mass is 9.95. The number of pyridine rings is 1. The topological polar surface area (TPSA) is 638 Å². The number of esters is 2. The average molecular weight is 1690 g/mol. The van der Waals surface area contributed by atoms with Gasteiger partial charge in [0.05, 0.1) is 50.2 Å². The van der Waals surface area contributed by atoms with Crippen LogP contribution in [0.15, 0.2) is 53.7 Å². The third-order valence-corrected chi connectivity index (χ3v) is 17.5. The van der Waals surface area contributed by atoms with Gasteiger partial charge in [0.15, 0.2) is 24.1 Å². The van der Waals surface area contributed by atoms with Crippen LogP contribution in [0.4, 0.5) is 32.2 Å². The second kappa shape index (κ2) is 49.2. The number of cyclic esters (lactones) is 1. The largest absolute Gasteiger partial charge is 0.490 e. The Labute approximate surface area is 674 Å². The van der Waals surface area contributed by atoms with Gasteiger partial charge in [-0.05, 0) is 86.3 Å². The molecule has 15 atom stereocenters. The number of hydrogen-bond acceptors (Lipinski definition) is 25. The summed E-state index contributed by atoms with van der Waals surface area (Å²) < 4.78 is 80.4. The number of primary amides is 1. The number of aliphatic hydroxyl groups is 3. The molecule has 1 aromatic carbocycles. The minimum absolute atomic E-state index is 0.0278. The smallest absolute Gasteiger partial charge is 0.475 e. The van der Waals surface area contributed by atoms with E-state index in [4.69, 9.17) is 56.9 Å². The molecule has 2 aromatic rings. The number of nitrogens with zero attached hydrogens (tertiary/aromatic N) is 3. The van der Waals surface area contributed by atoms with E-state index in [0.29, 0.717) is 32.1 Å². The number of aliphatic hydroxyl groups excluding tert-OH is 3. The SMILES string of the molecule is CC[C@H](C)[C@@H]1NC(=O)[C@@H](CCCN=C(N)N)NC(=O)[C@H](CC(C)C)NC(=O)[C@H]([C@H](O)C(C)C)NC(=O)[C@@H](NC(=O)[C@H](CC(C)C)NC(=O)[C@H](N)CC(C)C)[C@@H](c2ccccc2)OC(=O)[C@H](CO)NC(=O)[C@H]([C@H](OC(=O)c2ccc(N3CCOCC3)nc2)C(N)=O)NC(=O)CNC(=O)[C@H]([C@H](C)O)NC1=O.O=C(O)C(F)(F)F.O=C(O)C(F)(F)F. The number of halogens is 6. The predicted octanol–water partition coefficient (Wildman–Crippen LogP) is -3.07. The summed E-state index contributed by atoms with van der Waals surface area (Å²) in [6.07, 6.45) is -17.3. The molecule has 2 fully saturated rings. The minimum Gasteiger partial charge on any atom is -0.475 e. The number of carbonyl (C=O) groups is 15. The first-order valence-corrected chi connectivity index (χ1v) is 37.3. The zero-order chi connectivity index (χ0) is 90.0. The van der Waals surface area contributed by atoms with Crippen LogP contribution in [0.5, 0.6) is 0 Å². The molecule has 40 nitrogen and oxygen atoms in total. The molecule has 0 radical (unpaired) electrons. The highest BCUT2D eigenvalue weighted by atomic mass is 19.4. The van der Waals surface area contributed by atoms with E-state index in [-0.39, 0.29) is 74.0 Å². The van der Waals surface area contributed by atoms with Gasteiger partial charge in [0.2, 0.25) is 65.2 Å². The molecule has 0 saturated carbocycles. The van der Waals surface area contributed by atoms with Crippen LogP contribution < -0.4 is 81.0 Å². The van der Waals surface area contributed by atoms with Gasteiger partial charge in [-0.25, -0.2) is 24.2 Å². The van der Waals surface area contributed by atoms with Gasteiger partial charge in [-0.2, -0.15) is 26.3 Å². The van der Waals surface area contributed by atoms with E-state index in [1.807, 2.05) is 18.7 Å². The van der Waals surface area contributed by atoms with Crippen molar-refractivity contribution in [3.8, 4) is 0 Å². The predicted molar refractivity (Wildman–Crippen MR) is 404 cm³/mol. The fourth-order valence-electron chi connectivity index (χ4n) is 11.0. The first kappa shape index (κ1) is 103. The summed E-state index contributed by atoms with van der Waals surface area (Å²) in [6, 6.07) is -8.53. The van der Waals surface area contributed by atoms with Crippen molar-refractivity contribution in [2.75, 3.05) is 50.9 Å². The zero-order valence-corrected chi connectivity index (χ0v) is 66.8. The number of morpholine rings is 1. The lowest BCUT2D eigenvalue weighted by Gasteiger charge is -2.34. The van der Waals surface area contributed by atoms with Crippen LogP contribution in [-0.4, -0.2) is 262 Å². The number of nitrogens with one attached hydrogen (secondary N) is 10. The molecule has 0 bridgehead atoms. The number of ether oxygens (including phenoxy) is 3. The standard InChI is InChI=1S/C68H107N17O19.2C2HF3O2/c1-12-37(10)48-62(96)82-49(38(11)87)61(95)75-31-47(88)80-52(55(56(70)90)104-66(100)40-20-21-46(74-30-40)85-23-25-102-26-24-85)64(98)79-45(32-86)67(101)103-54(39-17-14-13-15-18-39)51(84-60(94)44(29-35(6)7)77-57(91)41(69)27-33(2)3)65(99)83-50(53(89)36(8)9)63(97)78-43(28-34(4)5)59(93)76-42(58(92)81-48)19-16-22-73-68(71)72;2*3-2(4,5)1(6)7/h13-15,17-18,20-21,30,33-38,41-45,48-55,86-87,89H,12,16,19,22-29,31-32,69H2,1-11H3,(H2,70,90)(H,75,95)(H,76,93)(H,77,91)(H,78,97)(H,79,98)(H,80,88)(H,81,92)(H,82,96)(H,83,99)(H,84,94)(H4,71,72,73);2*(H,6,7)/t37-,38-,41+,42+,43-,44-,45-,48-,49-,50-,51-,52-,53+,54+,55-;;/m0../s1. The second-order valence-electron chi connectivity index (χ2n) is 29.0. The van der Waals surface area contributed by atoms with Gasteiger partial charge in [0.1, 0.15) is 48.1 Å². The average Bonchev–Trinajstić information content (AvgIpc) is 0.794. The van der Waals surface area contributed by atoms with Crippen LogP contribution in [-0.2, 0) is 81.3 Å². The molecule has 0 aliphatic carbocycles. The van der Waals surface area contributed by atoms with Crippen molar-refractivity contribution in [3.63, 3.8) is 0 Å². The summed E-state index contributed by atoms with van der Waals surface area (Å²) in [4.78, 5) is 217. The maximum Gasteiger partial charge on any atom is 0.490 e. The maximum atomic E-state index is 15.6. The molecule has 0 spiro atoms. The number of alkyl halides is 6. The van der Waals surface area contributed by atoms with Crippen molar-refractivity contribution in [1.29, 1.82) is 0 Å². The quantitative estimate of drug-likeness (QED) is 0.0146. The fourth-order valence-corrected chi connectivity index (χ4v) is 11.0. The Kier molecular flexibility index (Phi) is 42.9. The van der Waals surface area contributed by atoms with Crippen molar-refractivity contribution >= 4 is 101 Å². The Hall–Kier alpha value is -11.1. The monoisotopic (exact) mass is 1690 g/mol. The van der Waals surface area contributed by atoms with Crippen LogP contribution >= 0.6 is 0 Å². The van der Waals surface area contributed by atoms with E-state index < -0.39 is 217 Å². The Balaban J connectivity index is 0.00000307. The van der Waals surface area contributed by atoms with Crippen LogP contribution in [0.2, 0.25) is 0 Å². The molecule has 0 unspecified atom stereocenters. The fraction of sp³-hybridized carbons (Fsp3) is 0.625. The number of carboxylic acid groups (broad SMARTS) is 2. The van der Waals surface area contributed by atoms with E-state index in [1.54, 1.807) is 41.5 Å². The van der Waals surface area contributed by atoms with Gasteiger partial charge in [0.25, 0.3) is 5.91 Å². The first-order valence-electron chi connectivity index (χ1n) is 37.3. The third-order valence-electron chi connectivity index (χ3n) is 17.5. The zero-order valence-electron chi connectivity index (χ0n) is 66.8. The molecule has 2 aliphatic rings. The number of benzene rings is 1. The van der Waals surface area contributed by atoms with E-state index in [1.165, 1.54) is 56.3 Å². The molecule has 2 aliphatic heterocycles. The summed E-state index contributed by atoms with van der Waals surface area (Å²) in [6.45, 7) is 16.8. The summed E-state index contributed by atoms with van der Waals surface area (Å²) in [5.74, 6) is -24.1. The lowest BCUT2D eigenvalue weighted by Crippen LogP contribution is -2.64. The van der Waals surface area contributed by atoms with Crippen molar-refractivity contribution < 1.29 is 138 Å². The summed E-state index contributed by atoms with van der Waals surface area (Å²) in [5.41, 5.74) is 22.9. The highest BCUT2D eigenvalue weighted by Crippen LogP contribution is 2.26. The number of guanidine groups is 1. The van der Waals surface area contributed by atoms with Crippen LogP contribution in [0.25, 0.3) is 0 Å². The van der Waals surface area contributed by atoms with Gasteiger partial charge in [-0.15, -0.1) is 0 Å². The normalized spacial score (nSPS) is 22.3. The number of amides is 11. The van der Waals surface area contributed by atoms with Crippen molar-refractivity contribution in [1.82, 2.24) is 58.2 Å². The third kappa shape index (κ3) is 35.4. The van der Waals surface area contributed by atoms with Crippen LogP contribution in [0.1, 0.15) is 137 Å². The molecule has 662 valence electrons. The lowest BCUT2D eigenvalue weighted by molar-refractivity contribution is -0.193. The summed E-state index contributed by atoms with van der Waals surface area (Å²) >= 11 is 0. The number of anilines is 1. The molecule has 11 amide bonds. The van der Waals surface area contributed by atoms with Crippen molar-refractivity contribution in [3.05, 3.63) is 59.8 Å². The van der Waals surface area contributed by atoms with E-state index in [2.05, 4.69) is 63.1 Å². The maximum absolute atomic E-state index is 15.6. The Morgan fingerprint density at radius 3 is 1.67 bits per heavy atom. The second-order valence-corrected chi connectivity index (χ2v) is 29.0. The first-order chi connectivity index (χ1) is 54.9. The Morgan fingerprint density at radius 2 is 1.18 bits per heavy atom. The molecular formula is C72H109F6N17O23. The minimum atomic E-state index is -5.08. The van der Waals surface area contributed by atoms with Crippen molar-refractivity contribution in [2.45, 2.75) is 212 Å². The van der Waals surface area contributed by atoms with Gasteiger partial charge < -0.3 is 121 Å². The number of rotatable bonds is 26. The van der Waals surface area contributed by atoms with E-state index in [9.17, 15) is 94.4 Å². The number of hydrogen-bond donors (Lipinski definition) is 19. The number of carbonyl (C=O) groups excluding carboxylic acids is 13. The highest BCUT2D eigenvalue weighted by Gasteiger charge is 2.46. The molecule has 3 heterocycles. The van der Waals surface area contributed by atoms with E-state index >= 15 is 9.59 Å². The number of aliphatic carboxylic acids is 2. The number of aliphatic imine (C=N–C) groups is 1. The van der Waals surface area contributed by atoms with E-state index in [0.717, 1.165) is 13.1 Å². The molecule has 23 N–H and O–H groups in total. The molecule has 46 heteroatoms. The van der Waals surface area contributed by atoms with Gasteiger partial charge in [0, 0.05) is 25.8 Å². The number of aromatic nitrogens is 1. The Morgan fingerprint density at radius 1 is 0.653 bits per heavy atom.